The standard InChI is InChI=1S/C24H28N2O4S/c1-31(28,29)19-7-8-22-18(15-19)9-10-24(30-22)11-13-26(14-12-24)23(27)25-21-16-20(21)17-5-3-2-4-6-17/h2-8,15,20-21H,9-14,16H2,1H3,(H,25,27). The minimum absolute atomic E-state index is 0.0206. The zero-order chi connectivity index (χ0) is 21.6. The number of likely N-dealkylation sites (tertiary alicyclic amines) is 1. The molecule has 2 aliphatic heterocycles. The Balaban J connectivity index is 1.17. The maximum absolute atomic E-state index is 12.7. The molecule has 1 aliphatic carbocycles. The van der Waals surface area contributed by atoms with Gasteiger partial charge in [-0.3, -0.25) is 0 Å². The van der Waals surface area contributed by atoms with Gasteiger partial charge in [-0.1, -0.05) is 30.3 Å². The first kappa shape index (κ1) is 20.4. The molecular formula is C24H28N2O4S. The van der Waals surface area contributed by atoms with Crippen molar-refractivity contribution in [1.82, 2.24) is 10.2 Å². The lowest BCUT2D eigenvalue weighted by atomic mass is 9.83. The first-order valence-electron chi connectivity index (χ1n) is 11.0. The fraction of sp³-hybridized carbons (Fsp3) is 0.458. The number of hydrogen-bond donors (Lipinski definition) is 1. The lowest BCUT2D eigenvalue weighted by Gasteiger charge is -2.44. The Labute approximate surface area is 183 Å². The Morgan fingerprint density at radius 1 is 1.10 bits per heavy atom. The van der Waals surface area contributed by atoms with Crippen molar-refractivity contribution in [2.45, 2.75) is 54.6 Å². The summed E-state index contributed by atoms with van der Waals surface area (Å²) in [6, 6.07) is 15.7. The van der Waals surface area contributed by atoms with Gasteiger partial charge < -0.3 is 15.0 Å². The van der Waals surface area contributed by atoms with Gasteiger partial charge in [0.25, 0.3) is 0 Å². The van der Waals surface area contributed by atoms with Crippen molar-refractivity contribution in [3.8, 4) is 5.75 Å². The third-order valence-corrected chi connectivity index (χ3v) is 8.04. The van der Waals surface area contributed by atoms with Crippen LogP contribution in [-0.2, 0) is 16.3 Å². The molecule has 2 amide bonds. The van der Waals surface area contributed by atoms with Crippen LogP contribution in [0.4, 0.5) is 4.79 Å². The van der Waals surface area contributed by atoms with Crippen LogP contribution in [0.1, 0.15) is 42.7 Å². The van der Waals surface area contributed by atoms with E-state index in [1.165, 1.54) is 11.8 Å². The van der Waals surface area contributed by atoms with E-state index in [4.69, 9.17) is 4.74 Å². The van der Waals surface area contributed by atoms with Gasteiger partial charge in [0.15, 0.2) is 9.84 Å². The average molecular weight is 441 g/mol. The summed E-state index contributed by atoms with van der Waals surface area (Å²) in [5.41, 5.74) is 1.98. The summed E-state index contributed by atoms with van der Waals surface area (Å²) in [5.74, 6) is 1.21. The molecule has 5 rings (SSSR count). The van der Waals surface area contributed by atoms with E-state index in [1.54, 1.807) is 18.2 Å². The van der Waals surface area contributed by atoms with E-state index >= 15 is 0 Å². The van der Waals surface area contributed by atoms with Gasteiger partial charge in [0, 0.05) is 44.1 Å². The minimum atomic E-state index is -3.22. The molecule has 2 unspecified atom stereocenters. The van der Waals surface area contributed by atoms with Crippen molar-refractivity contribution in [3.63, 3.8) is 0 Å². The van der Waals surface area contributed by atoms with Crippen LogP contribution in [-0.4, -0.2) is 50.3 Å². The van der Waals surface area contributed by atoms with Crippen LogP contribution >= 0.6 is 0 Å². The molecule has 2 aromatic rings. The van der Waals surface area contributed by atoms with Gasteiger partial charge in [0.1, 0.15) is 11.4 Å². The van der Waals surface area contributed by atoms with Crippen LogP contribution in [0.15, 0.2) is 53.4 Å². The topological polar surface area (TPSA) is 75.7 Å². The molecule has 2 atom stereocenters. The summed E-state index contributed by atoms with van der Waals surface area (Å²) < 4.78 is 30.0. The molecule has 2 heterocycles. The average Bonchev–Trinajstić information content (AvgIpc) is 3.53. The Kier molecular flexibility index (Phi) is 4.96. The normalized spacial score (nSPS) is 24.2. The lowest BCUT2D eigenvalue weighted by molar-refractivity contribution is -0.00562. The number of sulfone groups is 1. The molecule has 1 N–H and O–H groups in total. The van der Waals surface area contributed by atoms with Crippen molar-refractivity contribution >= 4 is 15.9 Å². The van der Waals surface area contributed by atoms with Crippen LogP contribution in [0.3, 0.4) is 0 Å². The number of hydrogen-bond acceptors (Lipinski definition) is 4. The van der Waals surface area contributed by atoms with Crippen molar-refractivity contribution < 1.29 is 17.9 Å². The molecule has 1 saturated heterocycles. The Morgan fingerprint density at radius 2 is 1.84 bits per heavy atom. The van der Waals surface area contributed by atoms with Crippen molar-refractivity contribution in [3.05, 3.63) is 59.7 Å². The summed E-state index contributed by atoms with van der Waals surface area (Å²) in [6.07, 6.45) is 5.46. The second-order valence-corrected chi connectivity index (χ2v) is 11.1. The maximum atomic E-state index is 12.7. The van der Waals surface area contributed by atoms with Gasteiger partial charge in [-0.15, -0.1) is 0 Å². The first-order valence-corrected chi connectivity index (χ1v) is 12.8. The number of urea groups is 1. The van der Waals surface area contributed by atoms with Crippen molar-refractivity contribution in [1.29, 1.82) is 0 Å². The second kappa shape index (κ2) is 7.55. The number of nitrogens with zero attached hydrogens (tertiary/aromatic N) is 1. The summed E-state index contributed by atoms with van der Waals surface area (Å²) in [5, 5.41) is 3.19. The predicted octanol–water partition coefficient (Wildman–Crippen LogP) is 3.52. The number of rotatable bonds is 3. The lowest BCUT2D eigenvalue weighted by Crippen LogP contribution is -2.53. The highest BCUT2D eigenvalue weighted by Gasteiger charge is 2.43. The van der Waals surface area contributed by atoms with E-state index in [-0.39, 0.29) is 17.7 Å². The molecule has 164 valence electrons. The fourth-order valence-electron chi connectivity index (χ4n) is 4.87. The zero-order valence-corrected chi connectivity index (χ0v) is 18.5. The fourth-order valence-corrected chi connectivity index (χ4v) is 5.54. The van der Waals surface area contributed by atoms with E-state index in [0.29, 0.717) is 23.9 Å². The molecule has 3 aliphatic rings. The van der Waals surface area contributed by atoms with Crippen LogP contribution in [0.25, 0.3) is 0 Å². The third-order valence-electron chi connectivity index (χ3n) is 6.93. The molecule has 1 spiro atoms. The minimum Gasteiger partial charge on any atom is -0.487 e. The number of aryl methyl sites for hydroxylation is 1. The van der Waals surface area contributed by atoms with Crippen LogP contribution in [0, 0.1) is 0 Å². The summed E-state index contributed by atoms with van der Waals surface area (Å²) in [7, 11) is -3.22. The molecule has 0 bridgehead atoms. The number of fused-ring (bicyclic) bond motifs is 1. The van der Waals surface area contributed by atoms with Gasteiger partial charge in [-0.2, -0.15) is 0 Å². The Hall–Kier alpha value is -2.54. The van der Waals surface area contributed by atoms with Crippen LogP contribution < -0.4 is 10.1 Å². The van der Waals surface area contributed by atoms with Gasteiger partial charge in [-0.25, -0.2) is 13.2 Å². The number of ether oxygens (including phenoxy) is 1. The van der Waals surface area contributed by atoms with Crippen molar-refractivity contribution in [2.75, 3.05) is 19.3 Å². The molecule has 7 heteroatoms. The van der Waals surface area contributed by atoms with Crippen molar-refractivity contribution in [2.24, 2.45) is 0 Å². The summed E-state index contributed by atoms with van der Waals surface area (Å²) in [4.78, 5) is 15.0. The molecule has 6 nitrogen and oxygen atoms in total. The van der Waals surface area contributed by atoms with E-state index in [2.05, 4.69) is 17.4 Å². The smallest absolute Gasteiger partial charge is 0.317 e. The Bertz CT molecular complexity index is 1090. The van der Waals surface area contributed by atoms with Crippen LogP contribution in [0.2, 0.25) is 0 Å². The largest absolute Gasteiger partial charge is 0.487 e. The van der Waals surface area contributed by atoms with Crippen LogP contribution in [0.5, 0.6) is 5.75 Å². The second-order valence-electron chi connectivity index (χ2n) is 9.12. The summed E-state index contributed by atoms with van der Waals surface area (Å²) >= 11 is 0. The first-order chi connectivity index (χ1) is 14.8. The molecule has 2 fully saturated rings. The zero-order valence-electron chi connectivity index (χ0n) is 17.7. The number of carbonyl (C=O) groups is 1. The highest BCUT2D eigenvalue weighted by Crippen LogP contribution is 2.42. The van der Waals surface area contributed by atoms with Gasteiger partial charge in [0.2, 0.25) is 0 Å². The van der Waals surface area contributed by atoms with E-state index in [1.807, 2.05) is 23.1 Å². The molecule has 2 aromatic carbocycles. The van der Waals surface area contributed by atoms with Gasteiger partial charge in [-0.05, 0) is 48.6 Å². The van der Waals surface area contributed by atoms with E-state index in [9.17, 15) is 13.2 Å². The van der Waals surface area contributed by atoms with Gasteiger partial charge in [0.05, 0.1) is 4.90 Å². The predicted molar refractivity (Wildman–Crippen MR) is 118 cm³/mol. The number of piperidine rings is 1. The third kappa shape index (κ3) is 4.15. The summed E-state index contributed by atoms with van der Waals surface area (Å²) in [6.45, 7) is 1.34. The quantitative estimate of drug-likeness (QED) is 0.793. The molecule has 1 saturated carbocycles. The number of nitrogens with one attached hydrogen (secondary N) is 1. The monoisotopic (exact) mass is 440 g/mol. The SMILES string of the molecule is CS(=O)(=O)c1ccc2c(c1)CCC1(CCN(C(=O)NC3CC3c3ccccc3)CC1)O2. The molecule has 0 radical (unpaired) electrons. The molecule has 0 aromatic heterocycles. The molecule has 31 heavy (non-hydrogen) atoms. The Morgan fingerprint density at radius 3 is 2.55 bits per heavy atom. The van der Waals surface area contributed by atoms with E-state index < -0.39 is 9.84 Å². The van der Waals surface area contributed by atoms with E-state index in [0.717, 1.165) is 43.4 Å². The highest BCUT2D eigenvalue weighted by atomic mass is 32.2. The number of amides is 2. The molecular weight excluding hydrogens is 412 g/mol. The maximum Gasteiger partial charge on any atom is 0.317 e. The van der Waals surface area contributed by atoms with Gasteiger partial charge >= 0.3 is 6.03 Å². The number of benzene rings is 2. The number of carbonyl (C=O) groups excluding carboxylic acids is 1. The highest BCUT2D eigenvalue weighted by molar-refractivity contribution is 7.90.